The van der Waals surface area contributed by atoms with Crippen molar-refractivity contribution in [2.45, 2.75) is 45.4 Å². The molecule has 0 spiro atoms. The van der Waals surface area contributed by atoms with Crippen LogP contribution in [0.25, 0.3) is 16.7 Å². The van der Waals surface area contributed by atoms with E-state index in [1.165, 1.54) is 6.07 Å². The predicted molar refractivity (Wildman–Crippen MR) is 159 cm³/mol. The van der Waals surface area contributed by atoms with Crippen LogP contribution in [0, 0.1) is 11.6 Å². The third-order valence-electron chi connectivity index (χ3n) is 7.11. The first kappa shape index (κ1) is 30.6. The van der Waals surface area contributed by atoms with Gasteiger partial charge in [0, 0.05) is 33.4 Å². The molecule has 1 aliphatic rings. The van der Waals surface area contributed by atoms with Crippen molar-refractivity contribution < 1.29 is 27.8 Å². The molecule has 0 aliphatic carbocycles. The van der Waals surface area contributed by atoms with Crippen LogP contribution in [-0.4, -0.2) is 63.2 Å². The summed E-state index contributed by atoms with van der Waals surface area (Å²) in [5, 5.41) is 9.48. The number of imidazole rings is 1. The fraction of sp³-hybridized carbons (Fsp3) is 0.367. The minimum atomic E-state index is -1.00. The Morgan fingerprint density at radius 3 is 2.50 bits per heavy atom. The highest BCUT2D eigenvalue weighted by atomic mass is 19.1. The summed E-state index contributed by atoms with van der Waals surface area (Å²) in [4.78, 5) is 46.0. The second-order valence-electron chi connectivity index (χ2n) is 11.4. The second-order valence-corrected chi connectivity index (χ2v) is 11.4. The van der Waals surface area contributed by atoms with E-state index in [1.807, 2.05) is 16.5 Å². The van der Waals surface area contributed by atoms with Crippen molar-refractivity contribution in [3.05, 3.63) is 76.0 Å². The number of nitrogens with one attached hydrogen (secondary N) is 2. The number of aromatic nitrogens is 4. The molecular weight excluding hydrogens is 576 g/mol. The molecule has 44 heavy (non-hydrogen) atoms. The molecule has 1 saturated heterocycles. The number of anilines is 2. The van der Waals surface area contributed by atoms with Gasteiger partial charge in [-0.15, -0.1) is 0 Å². The Bertz CT molecular complexity index is 1780. The number of carbonyl (C=O) groups is 2. The van der Waals surface area contributed by atoms with E-state index >= 15 is 0 Å². The molecule has 14 heteroatoms. The Hall–Kier alpha value is -4.85. The number of alkyl carbamates (subject to hydrolysis) is 1. The molecule has 0 saturated carbocycles. The lowest BCUT2D eigenvalue weighted by Crippen LogP contribution is -2.40. The number of rotatable bonds is 7. The maximum absolute atomic E-state index is 14.5. The molecular formula is C30H33F2N7O5. The molecule has 4 aromatic rings. The average Bonchev–Trinajstić information content (AvgIpc) is 3.52. The van der Waals surface area contributed by atoms with Gasteiger partial charge in [-0.1, -0.05) is 6.07 Å². The Labute approximate surface area is 251 Å². The van der Waals surface area contributed by atoms with Gasteiger partial charge in [-0.3, -0.25) is 9.59 Å². The maximum Gasteiger partial charge on any atom is 0.407 e. The number of hydrogen-bond donors (Lipinski definition) is 2. The average molecular weight is 610 g/mol. The van der Waals surface area contributed by atoms with E-state index in [0.717, 1.165) is 29.9 Å². The zero-order valence-electron chi connectivity index (χ0n) is 25.0. The molecule has 0 bridgehead atoms. The maximum atomic E-state index is 14.5. The minimum absolute atomic E-state index is 0.242. The molecule has 2 aromatic carbocycles. The van der Waals surface area contributed by atoms with E-state index in [-0.39, 0.29) is 18.2 Å². The van der Waals surface area contributed by atoms with Crippen molar-refractivity contribution in [1.82, 2.24) is 24.6 Å². The van der Waals surface area contributed by atoms with Crippen LogP contribution < -0.4 is 21.1 Å². The van der Waals surface area contributed by atoms with Gasteiger partial charge in [0.15, 0.2) is 11.6 Å². The number of nitrogens with zero attached hydrogens (tertiary/aromatic N) is 5. The summed E-state index contributed by atoms with van der Waals surface area (Å²) in [6, 6.07) is 7.56. The number of para-hydroxylation sites is 1. The van der Waals surface area contributed by atoms with Gasteiger partial charge in [0.2, 0.25) is 0 Å². The molecule has 12 nitrogen and oxygen atoms in total. The SMILES string of the molecule is COCc1nc2c(N3CC[C@H](NC(=O)OC(C)(C)C)C3)c(NC(=O)c3ccnn(-c4c(F)cccc4F)c3=O)ccc2n1C. The van der Waals surface area contributed by atoms with Crippen LogP contribution in [-0.2, 0) is 23.1 Å². The molecule has 0 radical (unpaired) electrons. The monoisotopic (exact) mass is 609 g/mol. The lowest BCUT2D eigenvalue weighted by Gasteiger charge is -2.24. The summed E-state index contributed by atoms with van der Waals surface area (Å²) in [7, 11) is 3.41. The highest BCUT2D eigenvalue weighted by Crippen LogP contribution is 2.37. The number of fused-ring (bicyclic) bond motifs is 1. The summed E-state index contributed by atoms with van der Waals surface area (Å²) in [5.41, 5.74) is -0.431. The van der Waals surface area contributed by atoms with E-state index in [1.54, 1.807) is 40.0 Å². The molecule has 2 aromatic heterocycles. The molecule has 2 N–H and O–H groups in total. The minimum Gasteiger partial charge on any atom is -0.444 e. The molecule has 1 atom stereocenters. The number of aryl methyl sites for hydroxylation is 1. The number of amides is 2. The van der Waals surface area contributed by atoms with Crippen molar-refractivity contribution in [3.63, 3.8) is 0 Å². The van der Waals surface area contributed by atoms with E-state index in [0.29, 0.717) is 46.9 Å². The van der Waals surface area contributed by atoms with Crippen LogP contribution in [0.3, 0.4) is 0 Å². The first-order chi connectivity index (χ1) is 20.9. The molecule has 1 fully saturated rings. The fourth-order valence-electron chi connectivity index (χ4n) is 5.15. The van der Waals surface area contributed by atoms with Crippen molar-refractivity contribution in [2.75, 3.05) is 30.4 Å². The Balaban J connectivity index is 1.51. The number of benzene rings is 2. The van der Waals surface area contributed by atoms with Crippen molar-refractivity contribution in [3.8, 4) is 5.69 Å². The number of ether oxygens (including phenoxy) is 2. The number of hydrogen-bond acceptors (Lipinski definition) is 8. The van der Waals surface area contributed by atoms with Gasteiger partial charge in [0.25, 0.3) is 11.5 Å². The zero-order valence-corrected chi connectivity index (χ0v) is 25.0. The van der Waals surface area contributed by atoms with Crippen molar-refractivity contribution in [1.29, 1.82) is 0 Å². The van der Waals surface area contributed by atoms with Crippen molar-refractivity contribution in [2.24, 2.45) is 7.05 Å². The fourth-order valence-corrected chi connectivity index (χ4v) is 5.15. The van der Waals surface area contributed by atoms with Crippen LogP contribution in [0.4, 0.5) is 25.0 Å². The molecule has 0 unspecified atom stereocenters. The highest BCUT2D eigenvalue weighted by Gasteiger charge is 2.30. The summed E-state index contributed by atoms with van der Waals surface area (Å²) in [6.07, 6.45) is 1.19. The highest BCUT2D eigenvalue weighted by molar-refractivity contribution is 6.09. The van der Waals surface area contributed by atoms with Crippen LogP contribution >= 0.6 is 0 Å². The van der Waals surface area contributed by atoms with Gasteiger partial charge in [0.05, 0.1) is 22.9 Å². The Morgan fingerprint density at radius 2 is 1.82 bits per heavy atom. The van der Waals surface area contributed by atoms with Gasteiger partial charge < -0.3 is 29.6 Å². The van der Waals surface area contributed by atoms with E-state index < -0.39 is 40.5 Å². The summed E-state index contributed by atoms with van der Waals surface area (Å²) in [6.45, 7) is 6.52. The molecule has 5 rings (SSSR count). The van der Waals surface area contributed by atoms with E-state index in [9.17, 15) is 23.2 Å². The second kappa shape index (κ2) is 12.0. The first-order valence-corrected chi connectivity index (χ1v) is 13.9. The third kappa shape index (κ3) is 6.11. The topological polar surface area (TPSA) is 133 Å². The van der Waals surface area contributed by atoms with Crippen LogP contribution in [0.1, 0.15) is 43.4 Å². The van der Waals surface area contributed by atoms with E-state index in [4.69, 9.17) is 14.5 Å². The normalized spacial score (nSPS) is 15.1. The van der Waals surface area contributed by atoms with Crippen LogP contribution in [0.15, 0.2) is 47.4 Å². The molecule has 1 aliphatic heterocycles. The van der Waals surface area contributed by atoms with Crippen LogP contribution in [0.5, 0.6) is 0 Å². The molecule has 3 heterocycles. The van der Waals surface area contributed by atoms with E-state index in [2.05, 4.69) is 15.7 Å². The Kier molecular flexibility index (Phi) is 8.37. The van der Waals surface area contributed by atoms with Gasteiger partial charge in [-0.05, 0) is 57.5 Å². The Morgan fingerprint density at radius 1 is 1.09 bits per heavy atom. The van der Waals surface area contributed by atoms with Gasteiger partial charge in [-0.25, -0.2) is 18.6 Å². The van der Waals surface area contributed by atoms with Crippen molar-refractivity contribution >= 4 is 34.4 Å². The third-order valence-corrected chi connectivity index (χ3v) is 7.11. The number of halogens is 2. The summed E-state index contributed by atoms with van der Waals surface area (Å²) in [5.74, 6) is -2.16. The largest absolute Gasteiger partial charge is 0.444 e. The predicted octanol–water partition coefficient (Wildman–Crippen LogP) is 3.90. The van der Waals surface area contributed by atoms with Gasteiger partial charge >= 0.3 is 6.09 Å². The smallest absolute Gasteiger partial charge is 0.407 e. The quantitative estimate of drug-likeness (QED) is 0.323. The summed E-state index contributed by atoms with van der Waals surface area (Å²) >= 11 is 0. The van der Waals surface area contributed by atoms with Gasteiger partial charge in [-0.2, -0.15) is 9.78 Å². The lowest BCUT2D eigenvalue weighted by atomic mass is 10.2. The van der Waals surface area contributed by atoms with Crippen LogP contribution in [0.2, 0.25) is 0 Å². The number of carbonyl (C=O) groups excluding carboxylic acids is 2. The first-order valence-electron chi connectivity index (χ1n) is 13.9. The molecule has 2 amide bonds. The lowest BCUT2D eigenvalue weighted by molar-refractivity contribution is 0.0509. The zero-order chi connectivity index (χ0) is 31.8. The number of methoxy groups -OCH3 is 1. The molecule has 232 valence electrons. The summed E-state index contributed by atoms with van der Waals surface area (Å²) < 4.78 is 42.0. The standard InChI is InChI=1S/C30H33F2N7O5/c1-30(2,3)44-29(42)34-17-12-14-38(15-17)26-21(9-10-22-24(26)36-23(16-43-5)37(22)4)35-27(40)18-11-13-33-39(28(18)41)25-19(31)7-6-8-20(25)32/h6-11,13,17H,12,14-16H2,1-5H3,(H,34,42)(H,35,40)/t17-/m0/s1. The van der Waals surface area contributed by atoms with Gasteiger partial charge in [0.1, 0.15) is 34.8 Å².